The van der Waals surface area contributed by atoms with E-state index in [-0.39, 0.29) is 5.91 Å². The van der Waals surface area contributed by atoms with Crippen molar-refractivity contribution < 1.29 is 14.3 Å². The number of carbonyl (C=O) groups is 1. The number of amides is 1. The molecule has 8 heteroatoms. The van der Waals surface area contributed by atoms with Crippen molar-refractivity contribution in [1.29, 1.82) is 0 Å². The first-order valence-electron chi connectivity index (χ1n) is 8.29. The van der Waals surface area contributed by atoms with Gasteiger partial charge in [0.2, 0.25) is 0 Å². The van der Waals surface area contributed by atoms with Crippen LogP contribution in [0.2, 0.25) is 0 Å². The molecule has 0 bridgehead atoms. The van der Waals surface area contributed by atoms with Crippen LogP contribution >= 0.6 is 0 Å². The van der Waals surface area contributed by atoms with Gasteiger partial charge >= 0.3 is 0 Å². The summed E-state index contributed by atoms with van der Waals surface area (Å²) < 4.78 is 10.4. The Morgan fingerprint density at radius 2 is 1.73 bits per heavy atom. The first-order chi connectivity index (χ1) is 12.5. The SMILES string of the molecule is COc1ccc(C(=O)Nc2ccc(NCCCN(C)C)nn2)cc1OC. The molecule has 0 aliphatic carbocycles. The number of aromatic nitrogens is 2. The third kappa shape index (κ3) is 5.59. The number of rotatable bonds is 9. The highest BCUT2D eigenvalue weighted by Crippen LogP contribution is 2.27. The number of ether oxygens (including phenoxy) is 2. The quantitative estimate of drug-likeness (QED) is 0.663. The summed E-state index contributed by atoms with van der Waals surface area (Å²) in [7, 11) is 7.14. The molecule has 1 heterocycles. The van der Waals surface area contributed by atoms with Gasteiger partial charge in [0, 0.05) is 12.1 Å². The second-order valence-electron chi connectivity index (χ2n) is 5.91. The zero-order chi connectivity index (χ0) is 18.9. The van der Waals surface area contributed by atoms with Crippen molar-refractivity contribution >= 4 is 17.5 Å². The maximum atomic E-state index is 12.3. The summed E-state index contributed by atoms with van der Waals surface area (Å²) in [5.74, 6) is 1.81. The zero-order valence-electron chi connectivity index (χ0n) is 15.6. The third-order valence-electron chi connectivity index (χ3n) is 3.64. The minimum absolute atomic E-state index is 0.299. The summed E-state index contributed by atoms with van der Waals surface area (Å²) in [5, 5.41) is 14.0. The minimum Gasteiger partial charge on any atom is -0.493 e. The van der Waals surface area contributed by atoms with Crippen molar-refractivity contribution in [2.45, 2.75) is 6.42 Å². The molecule has 26 heavy (non-hydrogen) atoms. The van der Waals surface area contributed by atoms with Gasteiger partial charge in [-0.05, 0) is 57.4 Å². The molecule has 8 nitrogen and oxygen atoms in total. The topological polar surface area (TPSA) is 88.6 Å². The lowest BCUT2D eigenvalue weighted by Gasteiger charge is -2.11. The molecule has 0 radical (unpaired) electrons. The highest BCUT2D eigenvalue weighted by Gasteiger charge is 2.11. The molecule has 0 spiro atoms. The van der Waals surface area contributed by atoms with Crippen molar-refractivity contribution in [3.8, 4) is 11.5 Å². The second kappa shape index (κ2) is 9.57. The number of hydrogen-bond donors (Lipinski definition) is 2. The number of methoxy groups -OCH3 is 2. The van der Waals surface area contributed by atoms with Crippen LogP contribution in [-0.2, 0) is 0 Å². The maximum absolute atomic E-state index is 12.3. The van der Waals surface area contributed by atoms with E-state index in [1.54, 1.807) is 37.4 Å². The van der Waals surface area contributed by atoms with Crippen LogP contribution in [0.3, 0.4) is 0 Å². The minimum atomic E-state index is -0.299. The van der Waals surface area contributed by atoms with E-state index in [0.717, 1.165) is 19.5 Å². The van der Waals surface area contributed by atoms with Gasteiger partial charge in [0.1, 0.15) is 5.82 Å². The molecule has 1 aromatic carbocycles. The van der Waals surface area contributed by atoms with Crippen molar-refractivity contribution in [2.75, 3.05) is 52.0 Å². The second-order valence-corrected chi connectivity index (χ2v) is 5.91. The number of anilines is 2. The first-order valence-corrected chi connectivity index (χ1v) is 8.29. The van der Waals surface area contributed by atoms with Gasteiger partial charge in [0.05, 0.1) is 14.2 Å². The fourth-order valence-corrected chi connectivity index (χ4v) is 2.27. The molecule has 140 valence electrons. The first kappa shape index (κ1) is 19.5. The fraction of sp³-hybridized carbons (Fsp3) is 0.389. The molecule has 2 N–H and O–H groups in total. The fourth-order valence-electron chi connectivity index (χ4n) is 2.27. The van der Waals surface area contributed by atoms with Gasteiger partial charge in [-0.25, -0.2) is 0 Å². The van der Waals surface area contributed by atoms with Gasteiger partial charge in [-0.15, -0.1) is 10.2 Å². The molecule has 0 atom stereocenters. The standard InChI is InChI=1S/C18H25N5O3/c1-23(2)11-5-10-19-16-8-9-17(22-21-16)20-18(24)13-6-7-14(25-3)15(12-13)26-4/h6-9,12H,5,10-11H2,1-4H3,(H,19,21)(H,20,22,24). The molecule has 0 fully saturated rings. The number of hydrogen-bond acceptors (Lipinski definition) is 7. The summed E-state index contributed by atoms with van der Waals surface area (Å²) in [6.07, 6.45) is 1.01. The van der Waals surface area contributed by atoms with Crippen molar-refractivity contribution in [3.05, 3.63) is 35.9 Å². The largest absolute Gasteiger partial charge is 0.493 e. The van der Waals surface area contributed by atoms with E-state index in [2.05, 4.69) is 25.7 Å². The van der Waals surface area contributed by atoms with Gasteiger partial charge in [0.15, 0.2) is 17.3 Å². The van der Waals surface area contributed by atoms with E-state index < -0.39 is 0 Å². The van der Waals surface area contributed by atoms with Crippen LogP contribution in [-0.4, -0.2) is 62.4 Å². The lowest BCUT2D eigenvalue weighted by atomic mass is 10.2. The summed E-state index contributed by atoms with van der Waals surface area (Å²) in [6, 6.07) is 8.44. The van der Waals surface area contributed by atoms with Crippen LogP contribution in [0.5, 0.6) is 11.5 Å². The van der Waals surface area contributed by atoms with E-state index in [1.807, 2.05) is 14.1 Å². The summed E-state index contributed by atoms with van der Waals surface area (Å²) in [4.78, 5) is 14.5. The van der Waals surface area contributed by atoms with Gasteiger partial charge in [-0.2, -0.15) is 0 Å². The predicted molar refractivity (Wildman–Crippen MR) is 101 cm³/mol. The van der Waals surface area contributed by atoms with Gasteiger partial charge in [-0.3, -0.25) is 4.79 Å². The van der Waals surface area contributed by atoms with Crippen molar-refractivity contribution in [1.82, 2.24) is 15.1 Å². The van der Waals surface area contributed by atoms with Crippen molar-refractivity contribution in [3.63, 3.8) is 0 Å². The van der Waals surface area contributed by atoms with E-state index in [4.69, 9.17) is 9.47 Å². The van der Waals surface area contributed by atoms with Gasteiger partial charge < -0.3 is 25.0 Å². The molecule has 0 saturated carbocycles. The summed E-state index contributed by atoms with van der Waals surface area (Å²) in [6.45, 7) is 1.81. The average Bonchev–Trinajstić information content (AvgIpc) is 2.65. The van der Waals surface area contributed by atoms with Crippen LogP contribution in [0.4, 0.5) is 11.6 Å². The Bertz CT molecular complexity index is 719. The Hall–Kier alpha value is -2.87. The molecule has 0 unspecified atom stereocenters. The number of benzene rings is 1. The zero-order valence-corrected chi connectivity index (χ0v) is 15.6. The van der Waals surface area contributed by atoms with Crippen LogP contribution in [0, 0.1) is 0 Å². The Balaban J connectivity index is 1.93. The van der Waals surface area contributed by atoms with Gasteiger partial charge in [0.25, 0.3) is 5.91 Å². The van der Waals surface area contributed by atoms with Crippen LogP contribution in [0.15, 0.2) is 30.3 Å². The third-order valence-corrected chi connectivity index (χ3v) is 3.64. The molecule has 2 rings (SSSR count). The van der Waals surface area contributed by atoms with E-state index in [9.17, 15) is 4.79 Å². The Labute approximate surface area is 153 Å². The predicted octanol–water partition coefficient (Wildman–Crippen LogP) is 2.11. The Morgan fingerprint density at radius 3 is 2.35 bits per heavy atom. The number of nitrogens with one attached hydrogen (secondary N) is 2. The number of nitrogens with zero attached hydrogens (tertiary/aromatic N) is 3. The molecule has 1 amide bonds. The molecular weight excluding hydrogens is 334 g/mol. The monoisotopic (exact) mass is 359 g/mol. The van der Waals surface area contributed by atoms with E-state index in [0.29, 0.717) is 28.7 Å². The van der Waals surface area contributed by atoms with Crippen LogP contribution in [0.1, 0.15) is 16.8 Å². The molecule has 0 aliphatic heterocycles. The number of carbonyl (C=O) groups excluding carboxylic acids is 1. The van der Waals surface area contributed by atoms with Crippen molar-refractivity contribution in [2.24, 2.45) is 0 Å². The average molecular weight is 359 g/mol. The molecular formula is C18H25N5O3. The lowest BCUT2D eigenvalue weighted by molar-refractivity contribution is 0.102. The summed E-state index contributed by atoms with van der Waals surface area (Å²) in [5.41, 5.74) is 0.440. The maximum Gasteiger partial charge on any atom is 0.257 e. The summed E-state index contributed by atoms with van der Waals surface area (Å²) >= 11 is 0. The smallest absolute Gasteiger partial charge is 0.257 e. The highest BCUT2D eigenvalue weighted by molar-refractivity contribution is 6.04. The van der Waals surface area contributed by atoms with Gasteiger partial charge in [-0.1, -0.05) is 0 Å². The highest BCUT2D eigenvalue weighted by atomic mass is 16.5. The molecule has 0 aliphatic rings. The van der Waals surface area contributed by atoms with Crippen LogP contribution < -0.4 is 20.1 Å². The van der Waals surface area contributed by atoms with E-state index >= 15 is 0 Å². The molecule has 2 aromatic rings. The molecule has 0 saturated heterocycles. The Kier molecular flexibility index (Phi) is 7.16. The van der Waals surface area contributed by atoms with E-state index in [1.165, 1.54) is 7.11 Å². The Morgan fingerprint density at radius 1 is 1.04 bits per heavy atom. The van der Waals surface area contributed by atoms with Crippen LogP contribution in [0.25, 0.3) is 0 Å². The lowest BCUT2D eigenvalue weighted by Crippen LogP contribution is -2.17. The molecule has 1 aromatic heterocycles. The normalized spacial score (nSPS) is 10.5.